The van der Waals surface area contributed by atoms with Crippen molar-refractivity contribution < 1.29 is 9.47 Å². The monoisotopic (exact) mass is 246 g/mol. The van der Waals surface area contributed by atoms with Gasteiger partial charge in [-0.05, 0) is 26.0 Å². The molecule has 1 aromatic carbocycles. The third kappa shape index (κ3) is 2.32. The Morgan fingerprint density at radius 3 is 2.50 bits per heavy atom. The number of pyridine rings is 1. The van der Waals surface area contributed by atoms with Crippen molar-refractivity contribution >= 4 is 16.5 Å². The van der Waals surface area contributed by atoms with Gasteiger partial charge in [-0.15, -0.1) is 0 Å². The van der Waals surface area contributed by atoms with E-state index in [-0.39, 0.29) is 0 Å². The van der Waals surface area contributed by atoms with E-state index in [9.17, 15) is 0 Å². The Kier molecular flexibility index (Phi) is 3.55. The number of nitrogens with one attached hydrogen (secondary N) is 1. The van der Waals surface area contributed by atoms with Crippen molar-refractivity contribution in [3.05, 3.63) is 24.3 Å². The first-order chi connectivity index (χ1) is 8.65. The van der Waals surface area contributed by atoms with E-state index < -0.39 is 0 Å². The molecule has 0 unspecified atom stereocenters. The zero-order chi connectivity index (χ0) is 13.1. The predicted molar refractivity (Wildman–Crippen MR) is 73.6 cm³/mol. The number of nitrogens with zero attached hydrogens (tertiary/aromatic N) is 1. The van der Waals surface area contributed by atoms with Gasteiger partial charge in [-0.2, -0.15) is 4.98 Å². The van der Waals surface area contributed by atoms with Gasteiger partial charge in [-0.25, -0.2) is 0 Å². The fourth-order valence-corrected chi connectivity index (χ4v) is 1.92. The van der Waals surface area contributed by atoms with Crippen molar-refractivity contribution in [2.45, 2.75) is 19.9 Å². The third-order valence-electron chi connectivity index (χ3n) is 2.66. The van der Waals surface area contributed by atoms with Crippen LogP contribution in [-0.2, 0) is 0 Å². The Hall–Kier alpha value is -1.97. The number of ether oxygens (including phenoxy) is 2. The van der Waals surface area contributed by atoms with Crippen molar-refractivity contribution in [1.29, 1.82) is 0 Å². The molecule has 0 aliphatic rings. The molecule has 1 aromatic heterocycles. The molecule has 0 amide bonds. The fraction of sp³-hybridized carbons (Fsp3) is 0.357. The van der Waals surface area contributed by atoms with Crippen LogP contribution >= 0.6 is 0 Å². The number of benzene rings is 1. The van der Waals surface area contributed by atoms with Crippen LogP contribution in [0.5, 0.6) is 11.8 Å². The quantitative estimate of drug-likeness (QED) is 0.900. The maximum atomic E-state index is 5.31. The largest absolute Gasteiger partial charge is 0.481 e. The van der Waals surface area contributed by atoms with Gasteiger partial charge in [0.1, 0.15) is 0 Å². The predicted octanol–water partition coefficient (Wildman–Crippen LogP) is 3.07. The highest BCUT2D eigenvalue weighted by molar-refractivity contribution is 5.97. The SMILES string of the molecule is COc1cc2c(NC(C)C)cccc2c(OC)n1. The lowest BCUT2D eigenvalue weighted by atomic mass is 10.1. The highest BCUT2D eigenvalue weighted by atomic mass is 16.5. The lowest BCUT2D eigenvalue weighted by Gasteiger charge is -2.14. The Morgan fingerprint density at radius 2 is 1.89 bits per heavy atom. The number of fused-ring (bicyclic) bond motifs is 1. The van der Waals surface area contributed by atoms with E-state index in [4.69, 9.17) is 9.47 Å². The lowest BCUT2D eigenvalue weighted by molar-refractivity contribution is 0.369. The molecular formula is C14H18N2O2. The van der Waals surface area contributed by atoms with E-state index >= 15 is 0 Å². The highest BCUT2D eigenvalue weighted by Crippen LogP contribution is 2.32. The second-order valence-electron chi connectivity index (χ2n) is 4.37. The Labute approximate surface area is 107 Å². The van der Waals surface area contributed by atoms with Gasteiger partial charge in [0.05, 0.1) is 14.2 Å². The number of rotatable bonds is 4. The molecule has 1 N–H and O–H groups in total. The average molecular weight is 246 g/mol. The van der Waals surface area contributed by atoms with Crippen LogP contribution in [0.1, 0.15) is 13.8 Å². The van der Waals surface area contributed by atoms with Crippen molar-refractivity contribution in [1.82, 2.24) is 4.98 Å². The Balaban J connectivity index is 2.66. The number of hydrogen-bond donors (Lipinski definition) is 1. The minimum atomic E-state index is 0.362. The summed E-state index contributed by atoms with van der Waals surface area (Å²) in [6.07, 6.45) is 0. The van der Waals surface area contributed by atoms with Gasteiger partial charge in [0.25, 0.3) is 0 Å². The first-order valence-corrected chi connectivity index (χ1v) is 5.94. The van der Waals surface area contributed by atoms with Crippen LogP contribution in [0.2, 0.25) is 0 Å². The minimum Gasteiger partial charge on any atom is -0.481 e. The molecule has 0 bridgehead atoms. The highest BCUT2D eigenvalue weighted by Gasteiger charge is 2.10. The average Bonchev–Trinajstić information content (AvgIpc) is 2.37. The van der Waals surface area contributed by atoms with Gasteiger partial charge >= 0.3 is 0 Å². The molecule has 0 radical (unpaired) electrons. The minimum absolute atomic E-state index is 0.362. The Morgan fingerprint density at radius 1 is 1.11 bits per heavy atom. The molecule has 96 valence electrons. The van der Waals surface area contributed by atoms with Crippen molar-refractivity contribution in [2.24, 2.45) is 0 Å². The van der Waals surface area contributed by atoms with E-state index in [2.05, 4.69) is 24.1 Å². The molecule has 2 aromatic rings. The van der Waals surface area contributed by atoms with Gasteiger partial charge in [0, 0.05) is 28.6 Å². The molecular weight excluding hydrogens is 228 g/mol. The maximum Gasteiger partial charge on any atom is 0.224 e. The first kappa shape index (κ1) is 12.5. The van der Waals surface area contributed by atoms with Crippen molar-refractivity contribution in [3.63, 3.8) is 0 Å². The van der Waals surface area contributed by atoms with Gasteiger partial charge in [-0.3, -0.25) is 0 Å². The van der Waals surface area contributed by atoms with E-state index in [1.807, 2.05) is 24.3 Å². The molecule has 0 saturated heterocycles. The topological polar surface area (TPSA) is 43.4 Å². The maximum absolute atomic E-state index is 5.31. The van der Waals surface area contributed by atoms with Crippen LogP contribution < -0.4 is 14.8 Å². The summed E-state index contributed by atoms with van der Waals surface area (Å²) >= 11 is 0. The van der Waals surface area contributed by atoms with E-state index in [0.29, 0.717) is 17.8 Å². The number of aromatic nitrogens is 1. The second-order valence-corrected chi connectivity index (χ2v) is 4.37. The van der Waals surface area contributed by atoms with E-state index in [1.165, 1.54) is 0 Å². The summed E-state index contributed by atoms with van der Waals surface area (Å²) in [6.45, 7) is 4.21. The van der Waals surface area contributed by atoms with Crippen LogP contribution in [0.4, 0.5) is 5.69 Å². The Bertz CT molecular complexity index is 553. The summed E-state index contributed by atoms with van der Waals surface area (Å²) < 4.78 is 10.5. The molecule has 4 heteroatoms. The smallest absolute Gasteiger partial charge is 0.224 e. The molecule has 0 spiro atoms. The second kappa shape index (κ2) is 5.12. The summed E-state index contributed by atoms with van der Waals surface area (Å²) in [4.78, 5) is 4.29. The molecule has 18 heavy (non-hydrogen) atoms. The first-order valence-electron chi connectivity index (χ1n) is 5.94. The zero-order valence-electron chi connectivity index (χ0n) is 11.2. The summed E-state index contributed by atoms with van der Waals surface area (Å²) in [5.41, 5.74) is 1.06. The summed E-state index contributed by atoms with van der Waals surface area (Å²) in [7, 11) is 3.22. The number of methoxy groups -OCH3 is 2. The molecule has 0 atom stereocenters. The molecule has 4 nitrogen and oxygen atoms in total. The molecule has 2 rings (SSSR count). The summed E-state index contributed by atoms with van der Waals surface area (Å²) in [5.74, 6) is 1.13. The van der Waals surface area contributed by atoms with Crippen LogP contribution in [0.15, 0.2) is 24.3 Å². The van der Waals surface area contributed by atoms with Gasteiger partial charge in [0.15, 0.2) is 0 Å². The molecule has 0 aliphatic heterocycles. The van der Waals surface area contributed by atoms with Crippen molar-refractivity contribution in [3.8, 4) is 11.8 Å². The fourth-order valence-electron chi connectivity index (χ4n) is 1.92. The van der Waals surface area contributed by atoms with Crippen LogP contribution in [0, 0.1) is 0 Å². The molecule has 0 fully saturated rings. The van der Waals surface area contributed by atoms with Crippen LogP contribution in [0.25, 0.3) is 10.8 Å². The van der Waals surface area contributed by atoms with Crippen molar-refractivity contribution in [2.75, 3.05) is 19.5 Å². The third-order valence-corrected chi connectivity index (χ3v) is 2.66. The van der Waals surface area contributed by atoms with Gasteiger partial charge in [0.2, 0.25) is 11.8 Å². The van der Waals surface area contributed by atoms with Gasteiger partial charge < -0.3 is 14.8 Å². The molecule has 0 aliphatic carbocycles. The zero-order valence-corrected chi connectivity index (χ0v) is 11.2. The summed E-state index contributed by atoms with van der Waals surface area (Å²) in [6, 6.07) is 8.31. The standard InChI is InChI=1S/C14H18N2O2/c1-9(2)15-12-7-5-6-10-11(12)8-13(17-3)16-14(10)18-4/h5-9,15H,1-4H3. The molecule has 0 saturated carbocycles. The van der Waals surface area contributed by atoms with Crippen LogP contribution in [-0.4, -0.2) is 25.2 Å². The summed E-state index contributed by atoms with van der Waals surface area (Å²) in [5, 5.41) is 5.44. The molecule has 1 heterocycles. The van der Waals surface area contributed by atoms with E-state index in [1.54, 1.807) is 14.2 Å². The van der Waals surface area contributed by atoms with E-state index in [0.717, 1.165) is 16.5 Å². The number of anilines is 1. The number of hydrogen-bond acceptors (Lipinski definition) is 4. The van der Waals surface area contributed by atoms with Gasteiger partial charge in [-0.1, -0.05) is 6.07 Å². The normalized spacial score (nSPS) is 10.7. The van der Waals surface area contributed by atoms with Crippen LogP contribution in [0.3, 0.4) is 0 Å². The lowest BCUT2D eigenvalue weighted by Crippen LogP contribution is -2.10.